The third-order valence-electron chi connectivity index (χ3n) is 6.28. The molecule has 37 heavy (non-hydrogen) atoms. The topological polar surface area (TPSA) is 154 Å². The summed E-state index contributed by atoms with van der Waals surface area (Å²) in [6, 6.07) is 8.01. The third-order valence-corrected chi connectivity index (χ3v) is 9.30. The molecule has 1 fully saturated rings. The minimum atomic E-state index is -3.88. The van der Waals surface area contributed by atoms with E-state index in [1.54, 1.807) is 35.4 Å². The lowest BCUT2D eigenvalue weighted by atomic mass is 10.1. The molecule has 1 saturated heterocycles. The van der Waals surface area contributed by atoms with Crippen molar-refractivity contribution in [2.45, 2.75) is 24.4 Å². The maximum atomic E-state index is 13.6. The standard InChI is InChI=1S/C22H20ClN9O3S2/c1-12-6-17-18(10-24-12)36-21(26-17)22(33)32-5-4-31(11-15(32)9-19-27-29-30-28-19)37(34,35)20-8-13-7-14(23)2-3-16(13)25-20/h2-3,6-8,10,15,25H,4-5,9,11H2,1H3,(H,27,28,29,30). The molecule has 6 rings (SSSR count). The van der Waals surface area contributed by atoms with Gasteiger partial charge in [-0.05, 0) is 37.3 Å². The van der Waals surface area contributed by atoms with Crippen LogP contribution < -0.4 is 0 Å². The van der Waals surface area contributed by atoms with Gasteiger partial charge in [-0.1, -0.05) is 16.8 Å². The van der Waals surface area contributed by atoms with E-state index in [4.69, 9.17) is 11.6 Å². The van der Waals surface area contributed by atoms with Crippen molar-refractivity contribution in [3.05, 3.63) is 58.1 Å². The molecule has 12 nitrogen and oxygen atoms in total. The Bertz CT molecular complexity index is 1730. The molecule has 0 aliphatic carbocycles. The monoisotopic (exact) mass is 557 g/mol. The number of tetrazole rings is 1. The molecule has 1 atom stereocenters. The summed E-state index contributed by atoms with van der Waals surface area (Å²) in [5, 5.41) is 15.6. The first kappa shape index (κ1) is 23.9. The fourth-order valence-corrected chi connectivity index (χ4v) is 7.01. The number of sulfonamides is 1. The van der Waals surface area contributed by atoms with Gasteiger partial charge in [0.25, 0.3) is 15.9 Å². The van der Waals surface area contributed by atoms with Crippen LogP contribution in [0, 0.1) is 6.92 Å². The second-order valence-electron chi connectivity index (χ2n) is 8.73. The van der Waals surface area contributed by atoms with E-state index in [9.17, 15) is 13.2 Å². The largest absolute Gasteiger partial charge is 0.345 e. The summed E-state index contributed by atoms with van der Waals surface area (Å²) >= 11 is 7.33. The Morgan fingerprint density at radius 1 is 1.24 bits per heavy atom. The number of aromatic amines is 2. The average Bonchev–Trinajstić information content (AvgIpc) is 3.63. The number of hydrogen-bond donors (Lipinski definition) is 2. The van der Waals surface area contributed by atoms with E-state index in [1.165, 1.54) is 15.6 Å². The van der Waals surface area contributed by atoms with Crippen molar-refractivity contribution in [1.29, 1.82) is 0 Å². The predicted octanol–water partition coefficient (Wildman–Crippen LogP) is 2.41. The number of nitrogens with zero attached hydrogens (tertiary/aromatic N) is 7. The number of amides is 1. The van der Waals surface area contributed by atoms with E-state index in [1.807, 2.05) is 13.0 Å². The summed E-state index contributed by atoms with van der Waals surface area (Å²) in [4.78, 5) is 27.0. The lowest BCUT2D eigenvalue weighted by Gasteiger charge is -2.39. The SMILES string of the molecule is Cc1cc2nc(C(=O)N3CCN(S(=O)(=O)c4cc5cc(Cl)ccc5[nH]4)CC3Cc3nn[nH]n3)sc2cn1. The maximum Gasteiger partial charge on any atom is 0.283 e. The molecule has 15 heteroatoms. The molecule has 0 saturated carbocycles. The number of nitrogens with one attached hydrogen (secondary N) is 2. The number of carbonyl (C=O) groups excluding carboxylic acids is 1. The highest BCUT2D eigenvalue weighted by Gasteiger charge is 2.38. The normalized spacial score (nSPS) is 17.1. The highest BCUT2D eigenvalue weighted by molar-refractivity contribution is 7.89. The van der Waals surface area contributed by atoms with Gasteiger partial charge in [-0.25, -0.2) is 13.4 Å². The van der Waals surface area contributed by atoms with Gasteiger partial charge in [-0.15, -0.1) is 21.5 Å². The zero-order valence-electron chi connectivity index (χ0n) is 19.4. The summed E-state index contributed by atoms with van der Waals surface area (Å²) in [6.07, 6.45) is 1.93. The van der Waals surface area contributed by atoms with Crippen LogP contribution in [0.15, 0.2) is 41.6 Å². The molecule has 5 aromatic rings. The van der Waals surface area contributed by atoms with Crippen molar-refractivity contribution in [2.24, 2.45) is 0 Å². The number of pyridine rings is 1. The molecule has 0 bridgehead atoms. The summed E-state index contributed by atoms with van der Waals surface area (Å²) in [6.45, 7) is 2.23. The average molecular weight is 558 g/mol. The maximum absolute atomic E-state index is 13.6. The van der Waals surface area contributed by atoms with Crippen molar-refractivity contribution < 1.29 is 13.2 Å². The number of benzene rings is 1. The number of H-pyrrole nitrogens is 2. The van der Waals surface area contributed by atoms with Crippen LogP contribution in [0.5, 0.6) is 0 Å². The number of rotatable bonds is 5. The van der Waals surface area contributed by atoms with Crippen molar-refractivity contribution in [3.63, 3.8) is 0 Å². The molecule has 5 heterocycles. The van der Waals surface area contributed by atoms with E-state index in [-0.39, 0.29) is 37.0 Å². The van der Waals surface area contributed by atoms with Gasteiger partial charge < -0.3 is 9.88 Å². The Kier molecular flexibility index (Phi) is 5.90. The van der Waals surface area contributed by atoms with Crippen LogP contribution in [-0.4, -0.2) is 84.8 Å². The molecule has 1 aliphatic rings. The lowest BCUT2D eigenvalue weighted by molar-refractivity contribution is 0.0562. The summed E-state index contributed by atoms with van der Waals surface area (Å²) in [7, 11) is -3.88. The first-order valence-electron chi connectivity index (χ1n) is 11.3. The third kappa shape index (κ3) is 4.45. The number of hydrogen-bond acceptors (Lipinski definition) is 9. The Hall–Kier alpha value is -3.46. The fraction of sp³-hybridized carbons (Fsp3) is 0.273. The van der Waals surface area contributed by atoms with Gasteiger partial charge in [-0.2, -0.15) is 9.52 Å². The van der Waals surface area contributed by atoms with E-state index >= 15 is 0 Å². The van der Waals surface area contributed by atoms with Crippen LogP contribution in [0.2, 0.25) is 5.02 Å². The number of carbonyl (C=O) groups is 1. The summed E-state index contributed by atoms with van der Waals surface area (Å²) in [5.74, 6) is 0.107. The van der Waals surface area contributed by atoms with Crippen molar-refractivity contribution in [3.8, 4) is 0 Å². The van der Waals surface area contributed by atoms with E-state index in [0.29, 0.717) is 32.3 Å². The number of fused-ring (bicyclic) bond motifs is 2. The van der Waals surface area contributed by atoms with Crippen LogP contribution in [0.4, 0.5) is 0 Å². The molecule has 190 valence electrons. The molecule has 4 aromatic heterocycles. The minimum absolute atomic E-state index is 0.0598. The van der Waals surface area contributed by atoms with E-state index < -0.39 is 16.1 Å². The quantitative estimate of drug-likeness (QED) is 0.334. The summed E-state index contributed by atoms with van der Waals surface area (Å²) in [5.41, 5.74) is 2.18. The number of aromatic nitrogens is 7. The molecular formula is C22H20ClN9O3S2. The van der Waals surface area contributed by atoms with Crippen molar-refractivity contribution in [1.82, 2.24) is 44.8 Å². The Morgan fingerprint density at radius 3 is 2.92 bits per heavy atom. The highest BCUT2D eigenvalue weighted by Crippen LogP contribution is 2.28. The zero-order chi connectivity index (χ0) is 25.7. The minimum Gasteiger partial charge on any atom is -0.345 e. The van der Waals surface area contributed by atoms with Gasteiger partial charge in [-0.3, -0.25) is 9.78 Å². The van der Waals surface area contributed by atoms with E-state index in [0.717, 1.165) is 10.4 Å². The molecule has 2 N–H and O–H groups in total. The van der Waals surface area contributed by atoms with Crippen LogP contribution >= 0.6 is 22.9 Å². The van der Waals surface area contributed by atoms with Gasteiger partial charge in [0.2, 0.25) is 0 Å². The molecular weight excluding hydrogens is 538 g/mol. The Morgan fingerprint density at radius 2 is 2.11 bits per heavy atom. The molecule has 0 radical (unpaired) electrons. The van der Waals surface area contributed by atoms with Crippen molar-refractivity contribution >= 4 is 60.0 Å². The fourth-order valence-electron chi connectivity index (χ4n) is 4.47. The zero-order valence-corrected chi connectivity index (χ0v) is 21.8. The van der Waals surface area contributed by atoms with Gasteiger partial charge in [0.15, 0.2) is 10.8 Å². The number of piperazine rings is 1. The van der Waals surface area contributed by atoms with Crippen LogP contribution in [0.25, 0.3) is 21.1 Å². The Labute approximate surface area is 219 Å². The smallest absolute Gasteiger partial charge is 0.283 e. The number of thiazole rings is 1. The lowest BCUT2D eigenvalue weighted by Crippen LogP contribution is -2.57. The van der Waals surface area contributed by atoms with Crippen LogP contribution in [0.3, 0.4) is 0 Å². The van der Waals surface area contributed by atoms with Gasteiger partial charge in [0.05, 0.1) is 16.3 Å². The second kappa shape index (κ2) is 9.13. The number of halogens is 1. The predicted molar refractivity (Wildman–Crippen MR) is 137 cm³/mol. The summed E-state index contributed by atoms with van der Waals surface area (Å²) < 4.78 is 29.3. The van der Waals surface area contributed by atoms with Gasteiger partial charge in [0, 0.05) is 53.9 Å². The molecule has 1 unspecified atom stereocenters. The molecule has 1 amide bonds. The van der Waals surface area contributed by atoms with Gasteiger partial charge in [0.1, 0.15) is 5.03 Å². The Balaban J connectivity index is 1.30. The second-order valence-corrected chi connectivity index (χ2v) is 12.1. The van der Waals surface area contributed by atoms with Gasteiger partial charge >= 0.3 is 0 Å². The first-order valence-corrected chi connectivity index (χ1v) is 14.0. The molecule has 0 spiro atoms. The number of aryl methyl sites for hydroxylation is 1. The molecule has 1 aliphatic heterocycles. The van der Waals surface area contributed by atoms with Crippen LogP contribution in [0.1, 0.15) is 21.3 Å². The first-order chi connectivity index (χ1) is 17.8. The van der Waals surface area contributed by atoms with Crippen LogP contribution in [-0.2, 0) is 16.4 Å². The highest BCUT2D eigenvalue weighted by atomic mass is 35.5. The molecule has 1 aromatic carbocycles. The van der Waals surface area contributed by atoms with Crippen molar-refractivity contribution in [2.75, 3.05) is 19.6 Å². The van der Waals surface area contributed by atoms with E-state index in [2.05, 4.69) is 35.6 Å².